The van der Waals surface area contributed by atoms with Gasteiger partial charge in [0.15, 0.2) is 0 Å². The lowest BCUT2D eigenvalue weighted by Crippen LogP contribution is -2.26. The molecule has 4 N–H and O–H groups in total. The van der Waals surface area contributed by atoms with Gasteiger partial charge in [-0.15, -0.1) is 0 Å². The molecular formula is C22H26N8O. The molecule has 0 unspecified atom stereocenters. The van der Waals surface area contributed by atoms with E-state index in [-0.39, 0.29) is 5.91 Å². The molecule has 160 valence electrons. The summed E-state index contributed by atoms with van der Waals surface area (Å²) in [6.07, 6.45) is 2.56. The minimum absolute atomic E-state index is 0.213. The van der Waals surface area contributed by atoms with Crippen LogP contribution < -0.4 is 16.4 Å². The van der Waals surface area contributed by atoms with Crippen LogP contribution in [0.1, 0.15) is 21.5 Å². The van der Waals surface area contributed by atoms with Crippen molar-refractivity contribution in [2.45, 2.75) is 13.0 Å². The number of nitrogens with two attached hydrogens (primary N) is 1. The van der Waals surface area contributed by atoms with Gasteiger partial charge in [0.1, 0.15) is 23.0 Å². The number of nitrogens with zero attached hydrogens (tertiary/aromatic N) is 5. The van der Waals surface area contributed by atoms with Gasteiger partial charge in [-0.2, -0.15) is 4.98 Å². The normalized spacial score (nSPS) is 13.4. The first kappa shape index (κ1) is 20.5. The number of carbonyl (C=O) groups is 1. The minimum Gasteiger partial charge on any atom is -0.384 e. The molecule has 1 amide bonds. The molecule has 0 fully saturated rings. The van der Waals surface area contributed by atoms with Crippen molar-refractivity contribution in [3.8, 4) is 0 Å². The summed E-state index contributed by atoms with van der Waals surface area (Å²) in [4.78, 5) is 29.5. The van der Waals surface area contributed by atoms with Gasteiger partial charge in [-0.1, -0.05) is 12.1 Å². The third-order valence-electron chi connectivity index (χ3n) is 5.11. The van der Waals surface area contributed by atoms with Crippen LogP contribution in [-0.4, -0.2) is 58.3 Å². The number of hydrogen-bond donors (Lipinski definition) is 3. The zero-order valence-corrected chi connectivity index (χ0v) is 17.9. The number of anilines is 5. The maximum Gasteiger partial charge on any atom is 0.258 e. The molecule has 9 heteroatoms. The smallest absolute Gasteiger partial charge is 0.258 e. The van der Waals surface area contributed by atoms with Crippen molar-refractivity contribution in [1.29, 1.82) is 0 Å². The summed E-state index contributed by atoms with van der Waals surface area (Å²) in [5.41, 5.74) is 9.68. The van der Waals surface area contributed by atoms with E-state index in [0.29, 0.717) is 29.0 Å². The highest BCUT2D eigenvalue weighted by Crippen LogP contribution is 2.25. The predicted octanol–water partition coefficient (Wildman–Crippen LogP) is 2.63. The van der Waals surface area contributed by atoms with E-state index in [1.54, 1.807) is 32.3 Å². The molecule has 1 aliphatic rings. The number of hydrogen-bond acceptors (Lipinski definition) is 8. The van der Waals surface area contributed by atoms with E-state index in [2.05, 4.69) is 49.7 Å². The molecule has 2 aromatic heterocycles. The van der Waals surface area contributed by atoms with Crippen LogP contribution in [-0.2, 0) is 13.0 Å². The third-order valence-corrected chi connectivity index (χ3v) is 5.11. The van der Waals surface area contributed by atoms with Crippen molar-refractivity contribution in [2.75, 3.05) is 44.1 Å². The van der Waals surface area contributed by atoms with Gasteiger partial charge in [0.2, 0.25) is 5.95 Å². The fraction of sp³-hybridized carbons (Fsp3) is 0.273. The molecule has 0 saturated carbocycles. The number of aromatic nitrogens is 3. The van der Waals surface area contributed by atoms with Gasteiger partial charge in [0, 0.05) is 39.1 Å². The largest absolute Gasteiger partial charge is 0.384 e. The molecule has 0 aliphatic carbocycles. The molecule has 0 atom stereocenters. The number of pyridine rings is 1. The number of rotatable bonds is 5. The van der Waals surface area contributed by atoms with E-state index in [9.17, 15) is 4.79 Å². The zero-order valence-electron chi connectivity index (χ0n) is 17.9. The van der Waals surface area contributed by atoms with E-state index >= 15 is 0 Å². The van der Waals surface area contributed by atoms with E-state index in [1.807, 2.05) is 6.07 Å². The first-order valence-electron chi connectivity index (χ1n) is 10.0. The molecule has 0 saturated heterocycles. The first-order chi connectivity index (χ1) is 14.9. The second-order valence-corrected chi connectivity index (χ2v) is 7.82. The average molecular weight is 419 g/mol. The zero-order chi connectivity index (χ0) is 22.0. The monoisotopic (exact) mass is 418 g/mol. The fourth-order valence-electron chi connectivity index (χ4n) is 3.48. The van der Waals surface area contributed by atoms with Crippen LogP contribution in [0.2, 0.25) is 0 Å². The fourth-order valence-corrected chi connectivity index (χ4v) is 3.48. The third kappa shape index (κ3) is 4.72. The summed E-state index contributed by atoms with van der Waals surface area (Å²) in [5.74, 6) is 1.39. The topological polar surface area (TPSA) is 112 Å². The van der Waals surface area contributed by atoms with E-state index < -0.39 is 0 Å². The second kappa shape index (κ2) is 8.57. The Bertz CT molecular complexity index is 1110. The van der Waals surface area contributed by atoms with Crippen LogP contribution >= 0.6 is 0 Å². The molecule has 1 aromatic carbocycles. The number of amides is 1. The van der Waals surface area contributed by atoms with Crippen molar-refractivity contribution in [2.24, 2.45) is 0 Å². The molecule has 4 rings (SSSR count). The number of likely N-dealkylation sites (N-methyl/N-ethyl adjacent to an activating group) is 1. The molecule has 9 nitrogen and oxygen atoms in total. The predicted molar refractivity (Wildman–Crippen MR) is 122 cm³/mol. The molecular weight excluding hydrogens is 392 g/mol. The quantitative estimate of drug-likeness (QED) is 0.580. The lowest BCUT2D eigenvalue weighted by atomic mass is 9.99. The van der Waals surface area contributed by atoms with Crippen molar-refractivity contribution < 1.29 is 4.79 Å². The lowest BCUT2D eigenvalue weighted by molar-refractivity contribution is 0.0828. The average Bonchev–Trinajstić information content (AvgIpc) is 2.73. The lowest BCUT2D eigenvalue weighted by Gasteiger charge is -2.25. The highest BCUT2D eigenvalue weighted by atomic mass is 16.2. The van der Waals surface area contributed by atoms with Crippen molar-refractivity contribution in [1.82, 2.24) is 24.8 Å². The number of benzene rings is 1. The summed E-state index contributed by atoms with van der Waals surface area (Å²) < 4.78 is 0. The molecule has 0 spiro atoms. The van der Waals surface area contributed by atoms with Crippen molar-refractivity contribution in [3.05, 3.63) is 59.3 Å². The maximum absolute atomic E-state index is 12.6. The molecule has 3 heterocycles. The Hall–Kier alpha value is -3.72. The van der Waals surface area contributed by atoms with Crippen LogP contribution in [0.15, 0.2) is 42.6 Å². The summed E-state index contributed by atoms with van der Waals surface area (Å²) >= 11 is 0. The Morgan fingerprint density at radius 1 is 1.13 bits per heavy atom. The number of nitrogen functional groups attached to an aromatic ring is 1. The highest BCUT2D eigenvalue weighted by molar-refractivity contribution is 5.99. The standard InChI is InChI=1S/C22H26N8O/c1-29(2)21(31)17-12-24-22(28-20(17)27-19-6-4-5-18(23)26-19)25-16-8-7-14-9-10-30(3)13-15(14)11-16/h4-8,11-12H,9-10,13H2,1-3H3,(H4,23,24,25,26,27,28). The Balaban J connectivity index is 1.64. The number of nitrogens with one attached hydrogen (secondary N) is 2. The molecule has 0 bridgehead atoms. The van der Waals surface area contributed by atoms with Crippen LogP contribution in [0.5, 0.6) is 0 Å². The van der Waals surface area contributed by atoms with Gasteiger partial charge in [-0.25, -0.2) is 9.97 Å². The Labute approximate surface area is 181 Å². The SMILES string of the molecule is CN1CCc2ccc(Nc3ncc(C(=O)N(C)C)c(Nc4cccc(N)n4)n3)cc2C1. The Morgan fingerprint density at radius 2 is 1.97 bits per heavy atom. The number of fused-ring (bicyclic) bond motifs is 1. The van der Waals surface area contributed by atoms with Crippen LogP contribution in [0.4, 0.5) is 29.1 Å². The van der Waals surface area contributed by atoms with Gasteiger partial charge >= 0.3 is 0 Å². The molecule has 31 heavy (non-hydrogen) atoms. The Morgan fingerprint density at radius 3 is 2.74 bits per heavy atom. The van der Waals surface area contributed by atoms with Gasteiger partial charge in [0.25, 0.3) is 5.91 Å². The molecule has 0 radical (unpaired) electrons. The van der Waals surface area contributed by atoms with Gasteiger partial charge in [-0.3, -0.25) is 4.79 Å². The van der Waals surface area contributed by atoms with Crippen molar-refractivity contribution in [3.63, 3.8) is 0 Å². The summed E-state index contributed by atoms with van der Waals surface area (Å²) in [6.45, 7) is 1.98. The minimum atomic E-state index is -0.213. The highest BCUT2D eigenvalue weighted by Gasteiger charge is 2.18. The Kier molecular flexibility index (Phi) is 5.68. The summed E-state index contributed by atoms with van der Waals surface area (Å²) in [6, 6.07) is 11.5. The molecule has 1 aliphatic heterocycles. The van der Waals surface area contributed by atoms with Crippen LogP contribution in [0, 0.1) is 0 Å². The van der Waals surface area contributed by atoms with Crippen LogP contribution in [0.3, 0.4) is 0 Å². The van der Waals surface area contributed by atoms with Gasteiger partial charge in [-0.05, 0) is 48.9 Å². The summed E-state index contributed by atoms with van der Waals surface area (Å²) in [5, 5.41) is 6.35. The van der Waals surface area contributed by atoms with Crippen LogP contribution in [0.25, 0.3) is 0 Å². The summed E-state index contributed by atoms with van der Waals surface area (Å²) in [7, 11) is 5.48. The molecule has 3 aromatic rings. The van der Waals surface area contributed by atoms with E-state index in [0.717, 1.165) is 25.2 Å². The van der Waals surface area contributed by atoms with E-state index in [1.165, 1.54) is 22.2 Å². The number of carbonyl (C=O) groups excluding carboxylic acids is 1. The van der Waals surface area contributed by atoms with Gasteiger partial charge in [0.05, 0.1) is 0 Å². The first-order valence-corrected chi connectivity index (χ1v) is 10.0. The maximum atomic E-state index is 12.6. The van der Waals surface area contributed by atoms with Gasteiger partial charge < -0.3 is 26.2 Å². The van der Waals surface area contributed by atoms with Crippen molar-refractivity contribution >= 4 is 35.0 Å². The van der Waals surface area contributed by atoms with E-state index in [4.69, 9.17) is 5.73 Å². The second-order valence-electron chi connectivity index (χ2n) is 7.82.